The van der Waals surface area contributed by atoms with Crippen LogP contribution in [0.15, 0.2) is 0 Å². The molecule has 0 aromatic carbocycles. The Balaban J connectivity index is -0.0000000800. The number of carbonyl (C=O) groups is 2. The van der Waals surface area contributed by atoms with E-state index in [-0.39, 0.29) is 48.0 Å². The molecule has 100 valence electrons. The maximum Gasteiger partial charge on any atom is 0.490 e. The van der Waals surface area contributed by atoms with Gasteiger partial charge in [0.2, 0.25) is 0 Å². The average Bonchev–Trinajstić information content (AvgIpc) is 1.83. The molecule has 0 fully saturated rings. The molecule has 12 heteroatoms. The van der Waals surface area contributed by atoms with E-state index in [4.69, 9.17) is 19.8 Å². The van der Waals surface area contributed by atoms with E-state index in [1.807, 2.05) is 0 Å². The average molecular weight is 484 g/mol. The second kappa shape index (κ2) is 9.06. The summed E-state index contributed by atoms with van der Waals surface area (Å²) in [6, 6.07) is 0. The van der Waals surface area contributed by atoms with E-state index >= 15 is 0 Å². The molecule has 0 saturated carbocycles. The third-order valence-corrected chi connectivity index (χ3v) is 0.485. The Morgan fingerprint density at radius 3 is 0.750 bits per heavy atom. The predicted molar refractivity (Wildman–Crippen MR) is 58.2 cm³/mol. The zero-order valence-electron chi connectivity index (χ0n) is 6.80. The molecule has 0 aromatic heterocycles. The van der Waals surface area contributed by atoms with Crippen LogP contribution < -0.4 is 0 Å². The molecule has 0 rings (SSSR count). The molecule has 0 aromatic rings. The number of aliphatic carboxylic acids is 2. The van der Waals surface area contributed by atoms with Crippen LogP contribution >= 0.6 is 48.0 Å². The minimum absolute atomic E-state index is 0. The van der Waals surface area contributed by atoms with Gasteiger partial charge in [0.25, 0.3) is 0 Å². The second-order valence-corrected chi connectivity index (χ2v) is 1.61. The molecule has 0 bridgehead atoms. The molecule has 0 aliphatic rings. The highest BCUT2D eigenvalue weighted by Crippen LogP contribution is 2.13. The summed E-state index contributed by atoms with van der Waals surface area (Å²) >= 11 is 0. The highest BCUT2D eigenvalue weighted by Gasteiger charge is 2.38. The first-order valence-corrected chi connectivity index (χ1v) is 2.49. The van der Waals surface area contributed by atoms with E-state index in [2.05, 4.69) is 0 Å². The Bertz CT molecular complexity index is 200. The fourth-order valence-corrected chi connectivity index (χ4v) is 0. The van der Waals surface area contributed by atoms with Gasteiger partial charge in [-0.05, 0) is 0 Å². The van der Waals surface area contributed by atoms with Gasteiger partial charge in [-0.1, -0.05) is 0 Å². The lowest BCUT2D eigenvalue weighted by Crippen LogP contribution is -2.21. The van der Waals surface area contributed by atoms with Crippen LogP contribution in [0.2, 0.25) is 0 Å². The number of hydrogen-bond donors (Lipinski definition) is 2. The van der Waals surface area contributed by atoms with Crippen molar-refractivity contribution in [1.82, 2.24) is 0 Å². The van der Waals surface area contributed by atoms with Crippen molar-refractivity contribution < 1.29 is 46.1 Å². The van der Waals surface area contributed by atoms with E-state index in [9.17, 15) is 26.3 Å². The maximum atomic E-state index is 10.6. The van der Waals surface area contributed by atoms with Gasteiger partial charge in [0.1, 0.15) is 0 Å². The molecule has 4 nitrogen and oxygen atoms in total. The van der Waals surface area contributed by atoms with Crippen molar-refractivity contribution in [2.24, 2.45) is 0 Å². The topological polar surface area (TPSA) is 74.6 Å². The SMILES string of the molecule is I.I.O=C(O)C(F)(F)F.O=C(O)C(F)(F)F. The third kappa shape index (κ3) is 16.4. The van der Waals surface area contributed by atoms with Gasteiger partial charge in [-0.25, -0.2) is 9.59 Å². The van der Waals surface area contributed by atoms with Crippen LogP contribution in [0.1, 0.15) is 0 Å². The monoisotopic (exact) mass is 484 g/mol. The molecule has 0 unspecified atom stereocenters. The zero-order chi connectivity index (χ0) is 12.2. The molecule has 0 spiro atoms. The van der Waals surface area contributed by atoms with Crippen molar-refractivity contribution in [3.05, 3.63) is 0 Å². The van der Waals surface area contributed by atoms with E-state index in [1.165, 1.54) is 0 Å². The molecular weight excluding hydrogens is 480 g/mol. The Labute approximate surface area is 118 Å². The summed E-state index contributed by atoms with van der Waals surface area (Å²) in [5, 5.41) is 14.2. The van der Waals surface area contributed by atoms with Crippen LogP contribution in [-0.4, -0.2) is 34.5 Å². The van der Waals surface area contributed by atoms with Crippen LogP contribution in [0.5, 0.6) is 0 Å². The fraction of sp³-hybridized carbons (Fsp3) is 0.500. The summed E-state index contributed by atoms with van der Waals surface area (Å²) in [4.78, 5) is 17.8. The van der Waals surface area contributed by atoms with Gasteiger partial charge in [0, 0.05) is 0 Å². The normalized spacial score (nSPS) is 9.88. The first-order valence-electron chi connectivity index (χ1n) is 2.49. The standard InChI is InChI=1S/2C2HF3O2.2HI/c2*3-2(4,5)1(6)7;;/h2*(H,6,7);2*1H. The lowest BCUT2D eigenvalue weighted by atomic mass is 10.7. The number of halogens is 8. The quantitative estimate of drug-likeness (QED) is 0.410. The third-order valence-electron chi connectivity index (χ3n) is 0.485. The minimum atomic E-state index is -5.08. The zero-order valence-corrected chi connectivity index (χ0v) is 11.5. The van der Waals surface area contributed by atoms with Crippen molar-refractivity contribution >= 4 is 59.9 Å². The summed E-state index contributed by atoms with van der Waals surface area (Å²) in [5.74, 6) is -5.51. The molecule has 0 atom stereocenters. The molecule has 2 N–H and O–H groups in total. The van der Waals surface area contributed by atoms with Gasteiger partial charge in [-0.3, -0.25) is 0 Å². The van der Waals surface area contributed by atoms with Gasteiger partial charge >= 0.3 is 24.3 Å². The number of carboxylic acid groups (broad SMARTS) is 2. The summed E-state index contributed by atoms with van der Waals surface area (Å²) in [7, 11) is 0. The number of hydrogen-bond acceptors (Lipinski definition) is 2. The van der Waals surface area contributed by atoms with Gasteiger partial charge in [0.05, 0.1) is 0 Å². The Morgan fingerprint density at radius 1 is 0.688 bits per heavy atom. The van der Waals surface area contributed by atoms with Crippen LogP contribution in [0, 0.1) is 0 Å². The van der Waals surface area contributed by atoms with Crippen molar-refractivity contribution in [2.75, 3.05) is 0 Å². The molecule has 0 amide bonds. The summed E-state index contributed by atoms with van der Waals surface area (Å²) in [6.07, 6.45) is -10.2. The predicted octanol–water partition coefficient (Wildman–Crippen LogP) is 2.50. The van der Waals surface area contributed by atoms with Crippen molar-refractivity contribution in [3.63, 3.8) is 0 Å². The first-order chi connectivity index (χ1) is 5.89. The van der Waals surface area contributed by atoms with Crippen molar-refractivity contribution in [1.29, 1.82) is 0 Å². The Morgan fingerprint density at radius 2 is 0.750 bits per heavy atom. The lowest BCUT2D eigenvalue weighted by molar-refractivity contribution is -0.193. The summed E-state index contributed by atoms with van der Waals surface area (Å²) in [5.41, 5.74) is 0. The van der Waals surface area contributed by atoms with E-state index in [1.54, 1.807) is 0 Å². The van der Waals surface area contributed by atoms with Crippen molar-refractivity contribution in [3.8, 4) is 0 Å². The fourth-order valence-electron chi connectivity index (χ4n) is 0. The largest absolute Gasteiger partial charge is 0.490 e. The van der Waals surface area contributed by atoms with Crippen LogP contribution in [0.25, 0.3) is 0 Å². The molecule has 0 aliphatic carbocycles. The Hall–Kier alpha value is -0.0200. The molecule has 0 aliphatic heterocycles. The van der Waals surface area contributed by atoms with E-state index < -0.39 is 24.3 Å². The second-order valence-electron chi connectivity index (χ2n) is 1.61. The molecule has 0 saturated heterocycles. The van der Waals surface area contributed by atoms with Crippen LogP contribution in [0.4, 0.5) is 26.3 Å². The van der Waals surface area contributed by atoms with Gasteiger partial charge < -0.3 is 10.2 Å². The number of carboxylic acids is 2. The maximum absolute atomic E-state index is 10.6. The smallest absolute Gasteiger partial charge is 0.475 e. The lowest BCUT2D eigenvalue weighted by Gasteiger charge is -1.93. The van der Waals surface area contributed by atoms with E-state index in [0.29, 0.717) is 0 Å². The molecule has 0 radical (unpaired) electrons. The highest BCUT2D eigenvalue weighted by molar-refractivity contribution is 14.0. The molecular formula is C4H4F6I2O4. The van der Waals surface area contributed by atoms with Crippen LogP contribution in [0.3, 0.4) is 0 Å². The number of rotatable bonds is 0. The minimum Gasteiger partial charge on any atom is -0.475 e. The van der Waals surface area contributed by atoms with Gasteiger partial charge in [0.15, 0.2) is 0 Å². The highest BCUT2D eigenvalue weighted by atomic mass is 127. The summed E-state index contributed by atoms with van der Waals surface area (Å²) < 4.78 is 63.5. The van der Waals surface area contributed by atoms with Crippen molar-refractivity contribution in [2.45, 2.75) is 12.4 Å². The summed E-state index contributed by atoms with van der Waals surface area (Å²) in [6.45, 7) is 0. The number of alkyl halides is 6. The van der Waals surface area contributed by atoms with Gasteiger partial charge in [-0.2, -0.15) is 26.3 Å². The molecule has 16 heavy (non-hydrogen) atoms. The van der Waals surface area contributed by atoms with Gasteiger partial charge in [-0.15, -0.1) is 48.0 Å². The molecule has 0 heterocycles. The van der Waals surface area contributed by atoms with Crippen LogP contribution in [-0.2, 0) is 9.59 Å². The van der Waals surface area contributed by atoms with E-state index in [0.717, 1.165) is 0 Å². The Kier molecular flexibility index (Phi) is 14.1. The first kappa shape index (κ1) is 25.0.